The van der Waals surface area contributed by atoms with Crippen LogP contribution in [0.2, 0.25) is 0 Å². The molecule has 1 aliphatic heterocycles. The molecule has 0 spiro atoms. The van der Waals surface area contributed by atoms with E-state index in [-0.39, 0.29) is 23.3 Å². The number of nitrogens with one attached hydrogen (secondary N) is 2. The highest BCUT2D eigenvalue weighted by Gasteiger charge is 2.34. The zero-order valence-electron chi connectivity index (χ0n) is 14.6. The smallest absolute Gasteiger partial charge is 0.338 e. The molecule has 2 atom stereocenters. The third kappa shape index (κ3) is 3.88. The number of phenols is 1. The van der Waals surface area contributed by atoms with Gasteiger partial charge in [0.25, 0.3) is 0 Å². The summed E-state index contributed by atoms with van der Waals surface area (Å²) in [5.41, 5.74) is 1.32. The van der Waals surface area contributed by atoms with Gasteiger partial charge in [0.2, 0.25) is 0 Å². The number of aromatic hydroxyl groups is 1. The second kappa shape index (κ2) is 6.55. The first kappa shape index (κ1) is 17.8. The second-order valence-electron chi connectivity index (χ2n) is 7.08. The minimum Gasteiger partial charge on any atom is -0.508 e. The van der Waals surface area contributed by atoms with Gasteiger partial charge in [-0.25, -0.2) is 9.59 Å². The Bertz CT molecular complexity index is 671. The number of allylic oxidation sites excluding steroid dienone is 1. The molecule has 3 N–H and O–H groups in total. The number of ether oxygens (including phenoxy) is 1. The van der Waals surface area contributed by atoms with Crippen molar-refractivity contribution >= 4 is 12.0 Å². The molecular weight excluding hydrogens is 308 g/mol. The van der Waals surface area contributed by atoms with Gasteiger partial charge in [-0.1, -0.05) is 32.9 Å². The minimum atomic E-state index is -0.626. The van der Waals surface area contributed by atoms with Crippen LogP contribution in [0.1, 0.15) is 46.2 Å². The maximum Gasteiger partial charge on any atom is 0.338 e. The fraction of sp³-hybridized carbons (Fsp3) is 0.444. The molecule has 2 unspecified atom stereocenters. The predicted molar refractivity (Wildman–Crippen MR) is 90.2 cm³/mol. The van der Waals surface area contributed by atoms with E-state index in [2.05, 4.69) is 10.6 Å². The van der Waals surface area contributed by atoms with Crippen molar-refractivity contribution in [3.63, 3.8) is 0 Å². The van der Waals surface area contributed by atoms with E-state index in [9.17, 15) is 14.7 Å². The molecule has 0 saturated heterocycles. The van der Waals surface area contributed by atoms with Crippen LogP contribution >= 0.6 is 0 Å². The molecule has 2 rings (SSSR count). The van der Waals surface area contributed by atoms with Crippen LogP contribution < -0.4 is 10.6 Å². The summed E-state index contributed by atoms with van der Waals surface area (Å²) in [7, 11) is 0. The molecule has 1 aromatic rings. The van der Waals surface area contributed by atoms with E-state index in [0.717, 1.165) is 0 Å². The summed E-state index contributed by atoms with van der Waals surface area (Å²) in [5, 5.41) is 14.8. The summed E-state index contributed by atoms with van der Waals surface area (Å²) >= 11 is 0. The Morgan fingerprint density at radius 1 is 1.25 bits per heavy atom. The number of rotatable bonds is 3. The third-order valence-electron chi connectivity index (χ3n) is 4.22. The van der Waals surface area contributed by atoms with Gasteiger partial charge in [-0.3, -0.25) is 0 Å². The summed E-state index contributed by atoms with van der Waals surface area (Å²) in [6.07, 6.45) is -0.289. The van der Waals surface area contributed by atoms with Gasteiger partial charge < -0.3 is 20.5 Å². The number of amides is 2. The van der Waals surface area contributed by atoms with Gasteiger partial charge in [0, 0.05) is 5.70 Å². The van der Waals surface area contributed by atoms with Crippen LogP contribution in [0.15, 0.2) is 35.5 Å². The lowest BCUT2D eigenvalue weighted by Crippen LogP contribution is -2.46. The van der Waals surface area contributed by atoms with Crippen LogP contribution in [0.5, 0.6) is 5.75 Å². The third-order valence-corrected chi connectivity index (χ3v) is 4.22. The predicted octanol–water partition coefficient (Wildman–Crippen LogP) is 3.00. The number of phenolic OH excluding ortho intramolecular Hbond substituents is 1. The lowest BCUT2D eigenvalue weighted by atomic mass is 9.90. The van der Waals surface area contributed by atoms with Crippen molar-refractivity contribution in [2.75, 3.05) is 0 Å². The Morgan fingerprint density at radius 3 is 2.38 bits per heavy atom. The monoisotopic (exact) mass is 332 g/mol. The number of carbonyl (C=O) groups is 2. The van der Waals surface area contributed by atoms with E-state index in [4.69, 9.17) is 4.74 Å². The molecule has 1 heterocycles. The SMILES string of the molecule is CC1=C(C(=O)OC(C)C(C)(C)C)C(c2ccc(O)cc2)NC(=O)N1. The molecule has 0 saturated carbocycles. The lowest BCUT2D eigenvalue weighted by molar-refractivity contribution is -0.149. The molecule has 130 valence electrons. The first-order valence-electron chi connectivity index (χ1n) is 7.88. The molecular formula is C18H24N2O4. The Balaban J connectivity index is 2.35. The molecule has 6 nitrogen and oxygen atoms in total. The molecule has 0 bridgehead atoms. The van der Waals surface area contributed by atoms with Gasteiger partial charge >= 0.3 is 12.0 Å². The molecule has 0 aliphatic carbocycles. The highest BCUT2D eigenvalue weighted by atomic mass is 16.5. The van der Waals surface area contributed by atoms with Gasteiger partial charge in [-0.15, -0.1) is 0 Å². The lowest BCUT2D eigenvalue weighted by Gasteiger charge is -2.31. The Hall–Kier alpha value is -2.50. The first-order chi connectivity index (χ1) is 11.1. The molecule has 24 heavy (non-hydrogen) atoms. The second-order valence-corrected chi connectivity index (χ2v) is 7.08. The van der Waals surface area contributed by atoms with Crippen LogP contribution in [-0.2, 0) is 9.53 Å². The van der Waals surface area contributed by atoms with Crippen LogP contribution in [0.25, 0.3) is 0 Å². The van der Waals surface area contributed by atoms with Gasteiger partial charge in [0.15, 0.2) is 0 Å². The van der Waals surface area contributed by atoms with E-state index in [1.165, 1.54) is 12.1 Å². The van der Waals surface area contributed by atoms with Crippen LogP contribution in [0, 0.1) is 5.41 Å². The number of urea groups is 1. The Labute approximate surface area is 141 Å². The molecule has 0 aromatic heterocycles. The average molecular weight is 332 g/mol. The Kier molecular flexibility index (Phi) is 4.87. The van der Waals surface area contributed by atoms with E-state index in [0.29, 0.717) is 16.8 Å². The maximum atomic E-state index is 12.7. The van der Waals surface area contributed by atoms with Crippen molar-refractivity contribution in [2.45, 2.75) is 46.8 Å². The fourth-order valence-electron chi connectivity index (χ4n) is 2.28. The number of hydrogen-bond acceptors (Lipinski definition) is 4. The van der Waals surface area contributed by atoms with Crippen LogP contribution in [0.3, 0.4) is 0 Å². The number of esters is 1. The van der Waals surface area contributed by atoms with Gasteiger partial charge in [0.1, 0.15) is 11.9 Å². The quantitative estimate of drug-likeness (QED) is 0.743. The zero-order chi connectivity index (χ0) is 18.1. The van der Waals surface area contributed by atoms with Crippen molar-refractivity contribution in [1.29, 1.82) is 0 Å². The highest BCUT2D eigenvalue weighted by Crippen LogP contribution is 2.30. The zero-order valence-corrected chi connectivity index (χ0v) is 14.6. The molecule has 1 aromatic carbocycles. The summed E-state index contributed by atoms with van der Waals surface area (Å²) in [4.78, 5) is 24.5. The molecule has 0 radical (unpaired) electrons. The minimum absolute atomic E-state index is 0.116. The standard InChI is InChI=1S/C18H24N2O4/c1-10-14(16(22)24-11(2)18(3,4)5)15(20-17(23)19-10)12-6-8-13(21)9-7-12/h6-9,11,15,21H,1-5H3,(H2,19,20,23). The number of carbonyl (C=O) groups excluding carboxylic acids is 2. The Morgan fingerprint density at radius 2 is 1.83 bits per heavy atom. The van der Waals surface area contributed by atoms with Crippen molar-refractivity contribution in [1.82, 2.24) is 10.6 Å². The van der Waals surface area contributed by atoms with Crippen molar-refractivity contribution in [3.05, 3.63) is 41.1 Å². The first-order valence-corrected chi connectivity index (χ1v) is 7.88. The summed E-state index contributed by atoms with van der Waals surface area (Å²) in [6, 6.07) is 5.35. The number of benzene rings is 1. The highest BCUT2D eigenvalue weighted by molar-refractivity contribution is 5.95. The van der Waals surface area contributed by atoms with Crippen LogP contribution in [-0.4, -0.2) is 23.2 Å². The van der Waals surface area contributed by atoms with E-state index < -0.39 is 12.0 Å². The maximum absolute atomic E-state index is 12.7. The average Bonchev–Trinajstić information content (AvgIpc) is 2.45. The largest absolute Gasteiger partial charge is 0.508 e. The summed E-state index contributed by atoms with van der Waals surface area (Å²) in [5.74, 6) is -0.356. The van der Waals surface area contributed by atoms with Crippen molar-refractivity contribution in [2.24, 2.45) is 5.41 Å². The topological polar surface area (TPSA) is 87.7 Å². The van der Waals surface area contributed by atoms with Gasteiger partial charge in [-0.2, -0.15) is 0 Å². The van der Waals surface area contributed by atoms with E-state index in [1.807, 2.05) is 27.7 Å². The van der Waals surface area contributed by atoms with E-state index >= 15 is 0 Å². The number of hydrogen-bond donors (Lipinski definition) is 3. The van der Waals surface area contributed by atoms with Gasteiger partial charge in [-0.05, 0) is 37.0 Å². The van der Waals surface area contributed by atoms with Crippen LogP contribution in [0.4, 0.5) is 4.79 Å². The molecule has 1 aliphatic rings. The van der Waals surface area contributed by atoms with Gasteiger partial charge in [0.05, 0.1) is 11.6 Å². The molecule has 2 amide bonds. The summed E-state index contributed by atoms with van der Waals surface area (Å²) in [6.45, 7) is 9.49. The molecule has 0 fully saturated rings. The molecule has 6 heteroatoms. The van der Waals surface area contributed by atoms with Crippen molar-refractivity contribution < 1.29 is 19.4 Å². The van der Waals surface area contributed by atoms with E-state index in [1.54, 1.807) is 19.1 Å². The summed E-state index contributed by atoms with van der Waals surface area (Å²) < 4.78 is 5.60. The van der Waals surface area contributed by atoms with Crippen molar-refractivity contribution in [3.8, 4) is 5.75 Å². The normalized spacial score (nSPS) is 19.4. The fourth-order valence-corrected chi connectivity index (χ4v) is 2.28.